The molecular weight excluding hydrogens is 537 g/mol. The summed E-state index contributed by atoms with van der Waals surface area (Å²) in [6.07, 6.45) is 2.49. The first-order valence-corrected chi connectivity index (χ1v) is 12.3. The van der Waals surface area contributed by atoms with Crippen molar-refractivity contribution in [2.45, 2.75) is 32.8 Å². The molecule has 3 aromatic carbocycles. The molecular formula is C26H22BrCl2N3O2. The van der Waals surface area contributed by atoms with Crippen molar-refractivity contribution in [3.05, 3.63) is 102 Å². The Kier molecular flexibility index (Phi) is 7.71. The summed E-state index contributed by atoms with van der Waals surface area (Å²) in [7, 11) is 0. The van der Waals surface area contributed by atoms with Gasteiger partial charge in [-0.2, -0.15) is 9.78 Å². The van der Waals surface area contributed by atoms with E-state index in [4.69, 9.17) is 32.9 Å². The molecule has 0 fully saturated rings. The second-order valence-corrected chi connectivity index (χ2v) is 9.66. The molecule has 4 rings (SSSR count). The second-order valence-electron chi connectivity index (χ2n) is 7.90. The summed E-state index contributed by atoms with van der Waals surface area (Å²) in [5, 5.41) is 6.17. The highest BCUT2D eigenvalue weighted by Gasteiger charge is 2.15. The van der Waals surface area contributed by atoms with Crippen LogP contribution in [0.15, 0.2) is 75.0 Å². The lowest BCUT2D eigenvalue weighted by molar-refractivity contribution is 0.306. The molecule has 4 aromatic rings. The molecule has 5 nitrogen and oxygen atoms in total. The van der Waals surface area contributed by atoms with E-state index in [9.17, 15) is 4.79 Å². The third kappa shape index (κ3) is 5.52. The number of ether oxygens (including phenoxy) is 1. The minimum absolute atomic E-state index is 0.0772. The van der Waals surface area contributed by atoms with Crippen molar-refractivity contribution in [2.24, 2.45) is 5.10 Å². The van der Waals surface area contributed by atoms with Crippen LogP contribution in [0.3, 0.4) is 0 Å². The molecule has 0 radical (unpaired) electrons. The van der Waals surface area contributed by atoms with E-state index in [1.165, 1.54) is 4.68 Å². The van der Waals surface area contributed by atoms with Gasteiger partial charge >= 0.3 is 0 Å². The van der Waals surface area contributed by atoms with Crippen LogP contribution in [-0.2, 0) is 6.61 Å². The molecule has 1 atom stereocenters. The first kappa shape index (κ1) is 24.5. The van der Waals surface area contributed by atoms with E-state index >= 15 is 0 Å². The van der Waals surface area contributed by atoms with Gasteiger partial charge in [0.15, 0.2) is 0 Å². The molecule has 0 aliphatic rings. The molecule has 0 bridgehead atoms. The largest absolute Gasteiger partial charge is 0.489 e. The third-order valence-electron chi connectivity index (χ3n) is 5.50. The third-order valence-corrected chi connectivity index (χ3v) is 6.58. The Morgan fingerprint density at radius 1 is 1.12 bits per heavy atom. The van der Waals surface area contributed by atoms with Crippen LogP contribution in [0, 0.1) is 0 Å². The number of hydrogen-bond donors (Lipinski definition) is 0. The molecule has 0 unspecified atom stereocenters. The highest BCUT2D eigenvalue weighted by molar-refractivity contribution is 9.10. The molecule has 0 aliphatic carbocycles. The van der Waals surface area contributed by atoms with Crippen molar-refractivity contribution in [1.29, 1.82) is 0 Å². The van der Waals surface area contributed by atoms with Gasteiger partial charge in [0.25, 0.3) is 5.56 Å². The summed E-state index contributed by atoms with van der Waals surface area (Å²) < 4.78 is 8.05. The lowest BCUT2D eigenvalue weighted by Crippen LogP contribution is -2.23. The number of rotatable bonds is 7. The fraction of sp³-hybridized carbons (Fsp3) is 0.192. The zero-order valence-corrected chi connectivity index (χ0v) is 21.7. The molecule has 0 spiro atoms. The number of aromatic nitrogens is 2. The van der Waals surface area contributed by atoms with E-state index in [0.29, 0.717) is 39.1 Å². The topological polar surface area (TPSA) is 56.5 Å². The fourth-order valence-electron chi connectivity index (χ4n) is 3.35. The van der Waals surface area contributed by atoms with Crippen LogP contribution in [0.4, 0.5) is 0 Å². The van der Waals surface area contributed by atoms with E-state index in [0.717, 1.165) is 22.0 Å². The minimum atomic E-state index is -0.197. The van der Waals surface area contributed by atoms with Crippen molar-refractivity contribution in [2.75, 3.05) is 0 Å². The number of halogens is 3. The van der Waals surface area contributed by atoms with Crippen LogP contribution < -0.4 is 10.3 Å². The molecule has 0 saturated carbocycles. The Labute approximate surface area is 216 Å². The predicted molar refractivity (Wildman–Crippen MR) is 143 cm³/mol. The van der Waals surface area contributed by atoms with Crippen LogP contribution in [-0.4, -0.2) is 15.9 Å². The average molecular weight is 559 g/mol. The van der Waals surface area contributed by atoms with Gasteiger partial charge in [0.05, 0.1) is 17.1 Å². The van der Waals surface area contributed by atoms with Crippen LogP contribution in [0.1, 0.15) is 43.1 Å². The van der Waals surface area contributed by atoms with Crippen LogP contribution in [0.25, 0.3) is 10.9 Å². The number of fused-ring (bicyclic) bond motifs is 1. The zero-order valence-electron chi connectivity index (χ0n) is 18.6. The predicted octanol–water partition coefficient (Wildman–Crippen LogP) is 7.44. The van der Waals surface area contributed by atoms with Gasteiger partial charge < -0.3 is 4.74 Å². The van der Waals surface area contributed by atoms with Crippen LogP contribution in [0.2, 0.25) is 10.0 Å². The minimum Gasteiger partial charge on any atom is -0.489 e. The number of nitrogens with zero attached hydrogens (tertiary/aromatic N) is 3. The van der Waals surface area contributed by atoms with E-state index in [1.54, 1.807) is 24.4 Å². The Bertz CT molecular complexity index is 1420. The summed E-state index contributed by atoms with van der Waals surface area (Å²) in [5.74, 6) is 1.41. The van der Waals surface area contributed by atoms with Gasteiger partial charge in [0.1, 0.15) is 18.2 Å². The van der Waals surface area contributed by atoms with E-state index in [1.807, 2.05) is 49.4 Å². The normalized spacial score (nSPS) is 12.4. The Morgan fingerprint density at radius 2 is 1.88 bits per heavy atom. The number of benzene rings is 3. The van der Waals surface area contributed by atoms with Crippen molar-refractivity contribution in [1.82, 2.24) is 9.66 Å². The zero-order chi connectivity index (χ0) is 24.2. The van der Waals surface area contributed by atoms with Gasteiger partial charge in [-0.25, -0.2) is 4.98 Å². The highest BCUT2D eigenvalue weighted by Crippen LogP contribution is 2.23. The van der Waals surface area contributed by atoms with Gasteiger partial charge in [-0.15, -0.1) is 0 Å². The smallest absolute Gasteiger partial charge is 0.282 e. The van der Waals surface area contributed by atoms with Gasteiger partial charge in [0, 0.05) is 26.0 Å². The first-order valence-electron chi connectivity index (χ1n) is 10.8. The van der Waals surface area contributed by atoms with Crippen LogP contribution >= 0.6 is 39.1 Å². The lowest BCUT2D eigenvalue weighted by Gasteiger charge is -2.14. The fourth-order valence-corrected chi connectivity index (χ4v) is 4.18. The lowest BCUT2D eigenvalue weighted by atomic mass is 10.1. The van der Waals surface area contributed by atoms with Crippen molar-refractivity contribution >= 4 is 56.2 Å². The maximum absolute atomic E-state index is 13.2. The molecule has 0 saturated heterocycles. The Hall–Kier alpha value is -2.67. The maximum Gasteiger partial charge on any atom is 0.282 e. The van der Waals surface area contributed by atoms with Gasteiger partial charge in [-0.05, 0) is 66.6 Å². The van der Waals surface area contributed by atoms with Gasteiger partial charge in [-0.3, -0.25) is 4.79 Å². The molecule has 34 heavy (non-hydrogen) atoms. The van der Waals surface area contributed by atoms with E-state index in [2.05, 4.69) is 28.0 Å². The molecule has 0 amide bonds. The quantitative estimate of drug-likeness (QED) is 0.221. The molecule has 1 heterocycles. The second kappa shape index (κ2) is 10.7. The summed E-state index contributed by atoms with van der Waals surface area (Å²) in [6, 6.07) is 18.3. The summed E-state index contributed by atoms with van der Waals surface area (Å²) in [5.41, 5.74) is 2.15. The Balaban J connectivity index is 1.57. The summed E-state index contributed by atoms with van der Waals surface area (Å²) >= 11 is 15.6. The Morgan fingerprint density at radius 3 is 2.59 bits per heavy atom. The molecule has 0 N–H and O–H groups in total. The monoisotopic (exact) mass is 557 g/mol. The van der Waals surface area contributed by atoms with E-state index < -0.39 is 0 Å². The van der Waals surface area contributed by atoms with E-state index in [-0.39, 0.29) is 11.5 Å². The van der Waals surface area contributed by atoms with Crippen molar-refractivity contribution < 1.29 is 4.74 Å². The highest BCUT2D eigenvalue weighted by atomic mass is 79.9. The molecule has 8 heteroatoms. The summed E-state index contributed by atoms with van der Waals surface area (Å²) in [6.45, 7) is 4.43. The summed E-state index contributed by atoms with van der Waals surface area (Å²) in [4.78, 5) is 17.9. The molecule has 0 aliphatic heterocycles. The van der Waals surface area contributed by atoms with Crippen molar-refractivity contribution in [3.8, 4) is 5.75 Å². The van der Waals surface area contributed by atoms with Gasteiger partial charge in [0.2, 0.25) is 0 Å². The van der Waals surface area contributed by atoms with Crippen molar-refractivity contribution in [3.63, 3.8) is 0 Å². The van der Waals surface area contributed by atoms with Gasteiger partial charge in [-0.1, -0.05) is 59.0 Å². The standard InChI is InChI=1S/C26H22BrCl2N3O2/c1-3-16(2)25-31-24-11-7-19(27)12-22(24)26(33)32(25)30-14-17-4-9-21(10-5-17)34-15-18-6-8-20(28)13-23(18)29/h4-14,16H,3,15H2,1-2H3/t16-/m0/s1. The molecule has 1 aromatic heterocycles. The number of hydrogen-bond acceptors (Lipinski definition) is 4. The maximum atomic E-state index is 13.2. The first-order chi connectivity index (χ1) is 16.4. The molecule has 174 valence electrons. The van der Waals surface area contributed by atoms with Crippen LogP contribution in [0.5, 0.6) is 5.75 Å². The SMILES string of the molecule is CC[C@H](C)c1nc2ccc(Br)cc2c(=O)n1N=Cc1ccc(OCc2ccc(Cl)cc2Cl)cc1. The average Bonchev–Trinajstić information content (AvgIpc) is 2.83.